The lowest BCUT2D eigenvalue weighted by Gasteiger charge is -2.05. The molecule has 1 unspecified atom stereocenters. The number of hydrogen-bond donors (Lipinski definition) is 2. The lowest BCUT2D eigenvalue weighted by Crippen LogP contribution is -2.15. The fourth-order valence-corrected chi connectivity index (χ4v) is 0.785. The van der Waals surface area contributed by atoms with E-state index >= 15 is 0 Å². The second-order valence-corrected chi connectivity index (χ2v) is 2.70. The SMILES string of the molecule is CC(Cl)Nc1ccnc(=O)[nH]1. The fourth-order valence-electron chi connectivity index (χ4n) is 0.667. The summed E-state index contributed by atoms with van der Waals surface area (Å²) in [4.78, 5) is 16.6. The smallest absolute Gasteiger partial charge is 0.346 e. The molecule has 60 valence electrons. The Morgan fingerprint density at radius 3 is 3.09 bits per heavy atom. The monoisotopic (exact) mass is 173 g/mol. The van der Waals surface area contributed by atoms with Crippen molar-refractivity contribution in [2.24, 2.45) is 0 Å². The molecule has 0 aliphatic heterocycles. The van der Waals surface area contributed by atoms with Gasteiger partial charge >= 0.3 is 5.69 Å². The molecule has 4 nitrogen and oxygen atoms in total. The van der Waals surface area contributed by atoms with Gasteiger partial charge in [-0.2, -0.15) is 0 Å². The van der Waals surface area contributed by atoms with Gasteiger partial charge in [0.2, 0.25) is 0 Å². The molecule has 0 fully saturated rings. The van der Waals surface area contributed by atoms with Crippen molar-refractivity contribution in [1.29, 1.82) is 0 Å². The minimum atomic E-state index is -0.382. The molecule has 1 aromatic heterocycles. The molecule has 0 saturated heterocycles. The number of nitrogens with zero attached hydrogens (tertiary/aromatic N) is 1. The van der Waals surface area contributed by atoms with Gasteiger partial charge in [-0.3, -0.25) is 4.98 Å². The van der Waals surface area contributed by atoms with E-state index in [1.807, 2.05) is 0 Å². The van der Waals surface area contributed by atoms with E-state index in [0.717, 1.165) is 0 Å². The van der Waals surface area contributed by atoms with Gasteiger partial charge in [0, 0.05) is 6.20 Å². The highest BCUT2D eigenvalue weighted by Crippen LogP contribution is 2.01. The number of halogens is 1. The number of hydrogen-bond acceptors (Lipinski definition) is 3. The van der Waals surface area contributed by atoms with Crippen LogP contribution in [-0.2, 0) is 0 Å². The molecule has 1 aromatic rings. The van der Waals surface area contributed by atoms with Crippen molar-refractivity contribution in [2.75, 3.05) is 5.32 Å². The first kappa shape index (κ1) is 8.07. The Labute approximate surface area is 68.6 Å². The Hall–Kier alpha value is -1.03. The molecule has 0 spiro atoms. The van der Waals surface area contributed by atoms with Gasteiger partial charge in [0.15, 0.2) is 0 Å². The van der Waals surface area contributed by atoms with Crippen LogP contribution in [-0.4, -0.2) is 15.5 Å². The third kappa shape index (κ3) is 2.59. The molecular weight excluding hydrogens is 166 g/mol. The average molecular weight is 174 g/mol. The zero-order chi connectivity index (χ0) is 8.27. The van der Waals surface area contributed by atoms with E-state index in [2.05, 4.69) is 15.3 Å². The Bertz CT molecular complexity index is 283. The van der Waals surface area contributed by atoms with Crippen molar-refractivity contribution in [3.63, 3.8) is 0 Å². The standard InChI is InChI=1S/C6H8ClN3O/c1-4(7)9-5-2-3-8-6(11)10-5/h2-4H,1H3,(H2,8,9,10,11). The molecule has 5 heteroatoms. The van der Waals surface area contributed by atoms with Crippen LogP contribution >= 0.6 is 11.6 Å². The first-order valence-electron chi connectivity index (χ1n) is 3.14. The number of nitrogens with one attached hydrogen (secondary N) is 2. The molecule has 0 aromatic carbocycles. The summed E-state index contributed by atoms with van der Waals surface area (Å²) in [5.74, 6) is 0.576. The molecule has 0 radical (unpaired) electrons. The molecule has 1 atom stereocenters. The zero-order valence-electron chi connectivity index (χ0n) is 5.97. The molecule has 1 rings (SSSR count). The van der Waals surface area contributed by atoms with Crippen LogP contribution in [0.15, 0.2) is 17.1 Å². The largest absolute Gasteiger partial charge is 0.356 e. The van der Waals surface area contributed by atoms with Gasteiger partial charge in [-0.05, 0) is 13.0 Å². The number of anilines is 1. The number of H-pyrrole nitrogens is 1. The fraction of sp³-hybridized carbons (Fsp3) is 0.333. The first-order chi connectivity index (χ1) is 5.18. The number of aromatic nitrogens is 2. The Morgan fingerprint density at radius 2 is 2.55 bits per heavy atom. The number of alkyl halides is 1. The quantitative estimate of drug-likeness (QED) is 0.513. The van der Waals surface area contributed by atoms with Crippen LogP contribution in [0.5, 0.6) is 0 Å². The summed E-state index contributed by atoms with van der Waals surface area (Å²) in [6.45, 7) is 1.76. The topological polar surface area (TPSA) is 57.8 Å². The van der Waals surface area contributed by atoms with Gasteiger partial charge in [-0.1, -0.05) is 11.6 Å². The Balaban J connectivity index is 2.80. The van der Waals surface area contributed by atoms with Crippen LogP contribution < -0.4 is 11.0 Å². The third-order valence-corrected chi connectivity index (χ3v) is 1.14. The maximum atomic E-state index is 10.6. The maximum absolute atomic E-state index is 10.6. The highest BCUT2D eigenvalue weighted by molar-refractivity contribution is 6.21. The van der Waals surface area contributed by atoms with Gasteiger partial charge in [0.25, 0.3) is 0 Å². The Morgan fingerprint density at radius 1 is 1.82 bits per heavy atom. The van der Waals surface area contributed by atoms with Gasteiger partial charge in [0.05, 0.1) is 5.50 Å². The minimum Gasteiger partial charge on any atom is -0.356 e. The predicted molar refractivity (Wildman–Crippen MR) is 43.8 cm³/mol. The molecule has 0 aliphatic rings. The highest BCUT2D eigenvalue weighted by Gasteiger charge is 1.95. The predicted octanol–water partition coefficient (Wildman–Crippen LogP) is 0.767. The summed E-state index contributed by atoms with van der Waals surface area (Å²) in [7, 11) is 0. The van der Waals surface area contributed by atoms with E-state index in [1.165, 1.54) is 6.20 Å². The summed E-state index contributed by atoms with van der Waals surface area (Å²) in [6.07, 6.45) is 1.42. The summed E-state index contributed by atoms with van der Waals surface area (Å²) in [5, 5.41) is 2.82. The van der Waals surface area contributed by atoms with Gasteiger partial charge in [-0.15, -0.1) is 0 Å². The van der Waals surface area contributed by atoms with E-state index in [9.17, 15) is 4.79 Å². The van der Waals surface area contributed by atoms with Gasteiger partial charge < -0.3 is 5.32 Å². The molecule has 2 N–H and O–H groups in total. The summed E-state index contributed by atoms with van der Waals surface area (Å²) in [5.41, 5.74) is -0.597. The molecule has 0 saturated carbocycles. The summed E-state index contributed by atoms with van der Waals surface area (Å²) >= 11 is 5.61. The summed E-state index contributed by atoms with van der Waals surface area (Å²) in [6, 6.07) is 1.64. The minimum absolute atomic E-state index is 0.215. The lowest BCUT2D eigenvalue weighted by molar-refractivity contribution is 1.02. The average Bonchev–Trinajstić information content (AvgIpc) is 1.85. The van der Waals surface area contributed by atoms with Crippen molar-refractivity contribution in [2.45, 2.75) is 12.4 Å². The molecule has 0 amide bonds. The molecule has 1 heterocycles. The van der Waals surface area contributed by atoms with Crippen molar-refractivity contribution in [1.82, 2.24) is 9.97 Å². The second-order valence-electron chi connectivity index (χ2n) is 2.05. The normalized spacial score (nSPS) is 12.5. The van der Waals surface area contributed by atoms with Crippen LogP contribution in [0.25, 0.3) is 0 Å². The van der Waals surface area contributed by atoms with E-state index in [0.29, 0.717) is 5.82 Å². The molecule has 0 bridgehead atoms. The van der Waals surface area contributed by atoms with Gasteiger partial charge in [-0.25, -0.2) is 9.78 Å². The van der Waals surface area contributed by atoms with Crippen LogP contribution in [0.4, 0.5) is 5.82 Å². The van der Waals surface area contributed by atoms with E-state index < -0.39 is 0 Å². The van der Waals surface area contributed by atoms with Crippen LogP contribution in [0.3, 0.4) is 0 Å². The highest BCUT2D eigenvalue weighted by atomic mass is 35.5. The second kappa shape index (κ2) is 3.39. The maximum Gasteiger partial charge on any atom is 0.346 e. The van der Waals surface area contributed by atoms with Crippen molar-refractivity contribution >= 4 is 17.4 Å². The first-order valence-corrected chi connectivity index (χ1v) is 3.58. The van der Waals surface area contributed by atoms with E-state index in [1.54, 1.807) is 13.0 Å². The van der Waals surface area contributed by atoms with E-state index in [-0.39, 0.29) is 11.2 Å². The van der Waals surface area contributed by atoms with Gasteiger partial charge in [0.1, 0.15) is 5.82 Å². The molecule has 11 heavy (non-hydrogen) atoms. The number of rotatable bonds is 2. The zero-order valence-corrected chi connectivity index (χ0v) is 6.72. The van der Waals surface area contributed by atoms with Crippen molar-refractivity contribution in [3.05, 3.63) is 22.7 Å². The number of aromatic amines is 1. The lowest BCUT2D eigenvalue weighted by atomic mass is 10.5. The molecular formula is C6H8ClN3O. The van der Waals surface area contributed by atoms with Crippen molar-refractivity contribution in [3.8, 4) is 0 Å². The van der Waals surface area contributed by atoms with Crippen LogP contribution in [0.2, 0.25) is 0 Å². The molecule has 0 aliphatic carbocycles. The van der Waals surface area contributed by atoms with Crippen LogP contribution in [0.1, 0.15) is 6.92 Å². The third-order valence-electron chi connectivity index (χ3n) is 1.03. The summed E-state index contributed by atoms with van der Waals surface area (Å²) < 4.78 is 0. The van der Waals surface area contributed by atoms with Crippen molar-refractivity contribution < 1.29 is 0 Å². The Kier molecular flexibility index (Phi) is 2.48. The van der Waals surface area contributed by atoms with Crippen LogP contribution in [0, 0.1) is 0 Å². The van der Waals surface area contributed by atoms with E-state index in [4.69, 9.17) is 11.6 Å².